The van der Waals surface area contributed by atoms with E-state index in [0.717, 1.165) is 0 Å². The van der Waals surface area contributed by atoms with E-state index in [9.17, 15) is 0 Å². The highest BCUT2D eigenvalue weighted by atomic mass is 14.4. The molecule has 0 N–H and O–H groups in total. The molecule has 2 aromatic rings. The molecule has 0 radical (unpaired) electrons. The Morgan fingerprint density at radius 3 is 2.39 bits per heavy atom. The number of fused-ring (bicyclic) bond motifs is 4. The Balaban J connectivity index is 2.01. The van der Waals surface area contributed by atoms with Crippen LogP contribution in [-0.2, 0) is 6.42 Å². The molecule has 0 fully saturated rings. The minimum absolute atomic E-state index is 0.615. The number of rotatable bonds is 1. The zero-order valence-electron chi connectivity index (χ0n) is 14.5. The van der Waals surface area contributed by atoms with Gasteiger partial charge in [-0.05, 0) is 70.4 Å². The van der Waals surface area contributed by atoms with Gasteiger partial charge in [-0.15, -0.1) is 0 Å². The second-order valence-electron chi connectivity index (χ2n) is 7.63. The molecule has 0 nitrogen and oxygen atoms in total. The summed E-state index contributed by atoms with van der Waals surface area (Å²) in [6.07, 6.45) is 3.67. The number of hydrogen-bond donors (Lipinski definition) is 0. The van der Waals surface area contributed by atoms with E-state index in [2.05, 4.69) is 69.3 Å². The summed E-state index contributed by atoms with van der Waals surface area (Å²) < 4.78 is 0. The molecule has 0 saturated heterocycles. The monoisotopic (exact) mass is 302 g/mol. The number of allylic oxidation sites excluding steroid dienone is 2. The van der Waals surface area contributed by atoms with Gasteiger partial charge in [0.1, 0.15) is 0 Å². The van der Waals surface area contributed by atoms with E-state index in [1.165, 1.54) is 30.4 Å². The van der Waals surface area contributed by atoms with Crippen LogP contribution in [0.4, 0.5) is 0 Å². The minimum atomic E-state index is 0.615. The van der Waals surface area contributed by atoms with Crippen LogP contribution in [0.25, 0.3) is 11.1 Å². The molecule has 0 aromatic heterocycles. The van der Waals surface area contributed by atoms with Crippen LogP contribution in [-0.4, -0.2) is 0 Å². The fourth-order valence-corrected chi connectivity index (χ4v) is 4.69. The highest BCUT2D eigenvalue weighted by Gasteiger charge is 2.33. The molecule has 0 heteroatoms. The van der Waals surface area contributed by atoms with Crippen molar-refractivity contribution in [3.8, 4) is 0 Å². The van der Waals surface area contributed by atoms with Crippen LogP contribution < -0.4 is 0 Å². The summed E-state index contributed by atoms with van der Waals surface area (Å²) in [5.41, 5.74) is 9.43. The lowest BCUT2D eigenvalue weighted by Gasteiger charge is -2.33. The molecular weight excluding hydrogens is 276 g/mol. The number of hydrogen-bond acceptors (Lipinski definition) is 0. The lowest BCUT2D eigenvalue weighted by Crippen LogP contribution is -2.17. The van der Waals surface area contributed by atoms with Crippen LogP contribution >= 0.6 is 0 Å². The van der Waals surface area contributed by atoms with Crippen molar-refractivity contribution < 1.29 is 0 Å². The Kier molecular flexibility index (Phi) is 3.64. The average molecular weight is 302 g/mol. The van der Waals surface area contributed by atoms with Gasteiger partial charge in [0.05, 0.1) is 0 Å². The van der Waals surface area contributed by atoms with Crippen molar-refractivity contribution in [3.05, 3.63) is 70.8 Å². The molecule has 4 rings (SSSR count). The van der Waals surface area contributed by atoms with Crippen molar-refractivity contribution in [2.24, 2.45) is 11.8 Å². The molecule has 0 spiro atoms. The second-order valence-corrected chi connectivity index (χ2v) is 7.63. The van der Waals surface area contributed by atoms with Crippen molar-refractivity contribution in [1.29, 1.82) is 0 Å². The Bertz CT molecular complexity index is 763. The van der Waals surface area contributed by atoms with Crippen LogP contribution in [0.3, 0.4) is 0 Å². The van der Waals surface area contributed by atoms with Gasteiger partial charge in [-0.1, -0.05) is 69.3 Å². The Morgan fingerprint density at radius 2 is 1.61 bits per heavy atom. The molecule has 2 atom stereocenters. The summed E-state index contributed by atoms with van der Waals surface area (Å²) in [6, 6.07) is 18.2. The first-order valence-electron chi connectivity index (χ1n) is 9.07. The molecule has 0 amide bonds. The quantitative estimate of drug-likeness (QED) is 0.578. The fraction of sp³-hybridized carbons (Fsp3) is 0.391. The van der Waals surface area contributed by atoms with Gasteiger partial charge in [-0.2, -0.15) is 0 Å². The SMILES string of the molecule is CC1CC2=C(c3ccccc31)C(C(C)C)CCc1ccccc12. The van der Waals surface area contributed by atoms with Crippen molar-refractivity contribution >= 4 is 11.1 Å². The standard InChI is InChI=1S/C23H26/c1-15(2)18-13-12-17-8-4-5-10-20(17)22-14-16(3)19-9-6-7-11-21(19)23(18)22/h4-11,15-16,18H,12-14H2,1-3H3. The molecule has 2 aliphatic carbocycles. The zero-order chi connectivity index (χ0) is 16.0. The third-order valence-electron chi connectivity index (χ3n) is 5.86. The molecule has 0 bridgehead atoms. The third kappa shape index (κ3) is 2.36. The summed E-state index contributed by atoms with van der Waals surface area (Å²) in [5, 5.41) is 0. The first-order chi connectivity index (χ1) is 11.2. The summed E-state index contributed by atoms with van der Waals surface area (Å²) in [4.78, 5) is 0. The van der Waals surface area contributed by atoms with Gasteiger partial charge in [0.2, 0.25) is 0 Å². The normalized spacial score (nSPS) is 23.1. The highest BCUT2D eigenvalue weighted by Crippen LogP contribution is 2.50. The van der Waals surface area contributed by atoms with Crippen molar-refractivity contribution in [1.82, 2.24) is 0 Å². The topological polar surface area (TPSA) is 0 Å². The minimum Gasteiger partial charge on any atom is -0.0622 e. The predicted molar refractivity (Wildman–Crippen MR) is 99.4 cm³/mol. The lowest BCUT2D eigenvalue weighted by molar-refractivity contribution is 0.450. The van der Waals surface area contributed by atoms with Gasteiger partial charge in [0.25, 0.3) is 0 Å². The molecule has 0 saturated carbocycles. The summed E-state index contributed by atoms with van der Waals surface area (Å²) >= 11 is 0. The third-order valence-corrected chi connectivity index (χ3v) is 5.86. The van der Waals surface area contributed by atoms with E-state index in [1.807, 2.05) is 0 Å². The van der Waals surface area contributed by atoms with E-state index >= 15 is 0 Å². The van der Waals surface area contributed by atoms with Gasteiger partial charge in [0, 0.05) is 0 Å². The Hall–Kier alpha value is -1.82. The Labute approximate surface area is 140 Å². The van der Waals surface area contributed by atoms with E-state index in [4.69, 9.17) is 0 Å². The van der Waals surface area contributed by atoms with Gasteiger partial charge in [0.15, 0.2) is 0 Å². The van der Waals surface area contributed by atoms with Gasteiger partial charge >= 0.3 is 0 Å². The maximum Gasteiger partial charge on any atom is -0.0127 e. The smallest absolute Gasteiger partial charge is 0.0127 e. The molecule has 2 unspecified atom stereocenters. The van der Waals surface area contributed by atoms with Gasteiger partial charge in [-0.25, -0.2) is 0 Å². The fourth-order valence-electron chi connectivity index (χ4n) is 4.69. The molecule has 23 heavy (non-hydrogen) atoms. The Morgan fingerprint density at radius 1 is 0.913 bits per heavy atom. The van der Waals surface area contributed by atoms with Crippen molar-refractivity contribution in [3.63, 3.8) is 0 Å². The molecule has 2 aliphatic rings. The first-order valence-corrected chi connectivity index (χ1v) is 9.07. The summed E-state index contributed by atoms with van der Waals surface area (Å²) in [5.74, 6) is 1.98. The van der Waals surface area contributed by atoms with Crippen LogP contribution in [0.2, 0.25) is 0 Å². The van der Waals surface area contributed by atoms with E-state index in [-0.39, 0.29) is 0 Å². The van der Waals surface area contributed by atoms with Gasteiger partial charge in [-0.3, -0.25) is 0 Å². The van der Waals surface area contributed by atoms with Crippen molar-refractivity contribution in [2.75, 3.05) is 0 Å². The summed E-state index contributed by atoms with van der Waals surface area (Å²) in [6.45, 7) is 7.18. The predicted octanol–water partition coefficient (Wildman–Crippen LogP) is 6.32. The largest absolute Gasteiger partial charge is 0.0622 e. The zero-order valence-corrected chi connectivity index (χ0v) is 14.5. The number of benzene rings is 2. The van der Waals surface area contributed by atoms with Crippen LogP contribution in [0, 0.1) is 11.8 Å². The maximum absolute atomic E-state index is 2.39. The van der Waals surface area contributed by atoms with Crippen LogP contribution in [0.1, 0.15) is 61.8 Å². The van der Waals surface area contributed by atoms with Crippen molar-refractivity contribution in [2.45, 2.75) is 46.0 Å². The maximum atomic E-state index is 2.39. The second kappa shape index (κ2) is 5.67. The lowest BCUT2D eigenvalue weighted by atomic mass is 9.71. The first kappa shape index (κ1) is 14.8. The molecular formula is C23H26. The average Bonchev–Trinajstić information content (AvgIpc) is 2.73. The molecule has 0 heterocycles. The molecule has 2 aromatic carbocycles. The van der Waals surface area contributed by atoms with Gasteiger partial charge < -0.3 is 0 Å². The molecule has 0 aliphatic heterocycles. The van der Waals surface area contributed by atoms with E-state index < -0.39 is 0 Å². The number of aryl methyl sites for hydroxylation is 1. The molecule has 118 valence electrons. The van der Waals surface area contributed by atoms with Crippen LogP contribution in [0.5, 0.6) is 0 Å². The van der Waals surface area contributed by atoms with E-state index in [0.29, 0.717) is 17.8 Å². The van der Waals surface area contributed by atoms with Crippen LogP contribution in [0.15, 0.2) is 48.5 Å². The highest BCUT2D eigenvalue weighted by molar-refractivity contribution is 5.96. The summed E-state index contributed by atoms with van der Waals surface area (Å²) in [7, 11) is 0. The van der Waals surface area contributed by atoms with E-state index in [1.54, 1.807) is 22.3 Å².